The van der Waals surface area contributed by atoms with Gasteiger partial charge in [-0.1, -0.05) is 65.5 Å². The molecule has 1 aliphatic rings. The second-order valence-electron chi connectivity index (χ2n) is 9.98. The van der Waals surface area contributed by atoms with Crippen molar-refractivity contribution >= 4 is 0 Å². The predicted molar refractivity (Wildman–Crippen MR) is 131 cm³/mol. The van der Waals surface area contributed by atoms with Crippen molar-refractivity contribution in [2.75, 3.05) is 0 Å². The molecular formula is C29H40F2O2. The van der Waals surface area contributed by atoms with E-state index in [0.717, 1.165) is 24.3 Å². The van der Waals surface area contributed by atoms with E-state index in [1.54, 1.807) is 0 Å². The Labute approximate surface area is 198 Å². The van der Waals surface area contributed by atoms with Crippen LogP contribution < -0.4 is 4.74 Å². The molecule has 1 saturated carbocycles. The number of hydrogen-bond donors (Lipinski definition) is 1. The van der Waals surface area contributed by atoms with Crippen molar-refractivity contribution in [3.05, 3.63) is 58.7 Å². The number of rotatable bonds is 10. The Balaban J connectivity index is 1.66. The topological polar surface area (TPSA) is 29.5 Å². The van der Waals surface area contributed by atoms with Gasteiger partial charge in [0, 0.05) is 5.56 Å². The van der Waals surface area contributed by atoms with Crippen molar-refractivity contribution in [2.24, 2.45) is 5.92 Å². The number of ether oxygens (including phenoxy) is 1. The van der Waals surface area contributed by atoms with Crippen molar-refractivity contribution < 1.29 is 18.6 Å². The smallest absolute Gasteiger partial charge is 0.426 e. The summed E-state index contributed by atoms with van der Waals surface area (Å²) in [5.41, 5.74) is 2.26. The Hall–Kier alpha value is -2.10. The minimum Gasteiger partial charge on any atom is -0.507 e. The number of hydrogen-bond acceptors (Lipinski definition) is 2. The third-order valence-electron chi connectivity index (χ3n) is 7.22. The Kier molecular flexibility index (Phi) is 8.78. The first-order valence-corrected chi connectivity index (χ1v) is 12.8. The van der Waals surface area contributed by atoms with Gasteiger partial charge in [0.05, 0.1) is 5.56 Å². The molecule has 1 fully saturated rings. The largest absolute Gasteiger partial charge is 0.507 e. The van der Waals surface area contributed by atoms with Crippen molar-refractivity contribution in [3.63, 3.8) is 0 Å². The molecule has 1 N–H and O–H groups in total. The molecule has 0 aliphatic heterocycles. The molecule has 0 aromatic heterocycles. The van der Waals surface area contributed by atoms with Crippen molar-refractivity contribution in [1.82, 2.24) is 0 Å². The van der Waals surface area contributed by atoms with Crippen LogP contribution in [0.1, 0.15) is 113 Å². The standard InChI is InChI=1S/C29H40F2O2/c1-5-7-8-9-21-10-12-23(13-11-21)24-14-16-25(17-15-24)29(30,31)33-26-18-22(6-2)28(32)27(19-26)20(3)4/h14-21,23,32H,5-13H2,1-4H3. The van der Waals surface area contributed by atoms with E-state index in [9.17, 15) is 13.9 Å². The van der Waals surface area contributed by atoms with Gasteiger partial charge in [-0.05, 0) is 85.3 Å². The molecule has 0 unspecified atom stereocenters. The lowest BCUT2D eigenvalue weighted by atomic mass is 9.77. The molecular weight excluding hydrogens is 418 g/mol. The summed E-state index contributed by atoms with van der Waals surface area (Å²) in [5.74, 6) is 1.57. The zero-order valence-electron chi connectivity index (χ0n) is 20.7. The normalized spacial score (nSPS) is 19.1. The van der Waals surface area contributed by atoms with Gasteiger partial charge >= 0.3 is 6.11 Å². The average Bonchev–Trinajstić information content (AvgIpc) is 2.80. The van der Waals surface area contributed by atoms with E-state index in [1.807, 2.05) is 32.9 Å². The summed E-state index contributed by atoms with van der Waals surface area (Å²) in [7, 11) is 0. The Morgan fingerprint density at radius 3 is 2.24 bits per heavy atom. The zero-order chi connectivity index (χ0) is 24.0. The first-order valence-electron chi connectivity index (χ1n) is 12.8. The number of halogens is 2. The van der Waals surface area contributed by atoms with Crippen LogP contribution in [0.5, 0.6) is 11.5 Å². The number of alkyl halides is 2. The SMILES string of the molecule is CCCCCC1CCC(c2ccc(C(F)(F)Oc3cc(CC)c(O)c(C(C)C)c3)cc2)CC1. The number of phenolic OH excluding ortho intramolecular Hbond substituents is 1. The molecule has 3 rings (SSSR count). The van der Waals surface area contributed by atoms with E-state index in [4.69, 9.17) is 4.74 Å². The average molecular weight is 459 g/mol. The second-order valence-corrected chi connectivity index (χ2v) is 9.98. The molecule has 4 heteroatoms. The fraction of sp³-hybridized carbons (Fsp3) is 0.586. The van der Waals surface area contributed by atoms with Gasteiger partial charge in [0.25, 0.3) is 0 Å². The van der Waals surface area contributed by atoms with Crippen molar-refractivity contribution in [1.29, 1.82) is 0 Å². The molecule has 0 spiro atoms. The lowest BCUT2D eigenvalue weighted by Crippen LogP contribution is -2.22. The molecule has 0 amide bonds. The highest BCUT2D eigenvalue weighted by molar-refractivity contribution is 5.48. The maximum absolute atomic E-state index is 15.0. The summed E-state index contributed by atoms with van der Waals surface area (Å²) >= 11 is 0. The highest BCUT2D eigenvalue weighted by Crippen LogP contribution is 2.40. The highest BCUT2D eigenvalue weighted by atomic mass is 19.3. The van der Waals surface area contributed by atoms with Gasteiger partial charge in [-0.25, -0.2) is 0 Å². The van der Waals surface area contributed by atoms with Crippen LogP contribution >= 0.6 is 0 Å². The maximum atomic E-state index is 15.0. The van der Waals surface area contributed by atoms with Crippen LogP contribution in [-0.2, 0) is 12.5 Å². The van der Waals surface area contributed by atoms with E-state index in [2.05, 4.69) is 6.92 Å². The molecule has 0 saturated heterocycles. The second kappa shape index (κ2) is 11.4. The molecule has 33 heavy (non-hydrogen) atoms. The Morgan fingerprint density at radius 2 is 1.67 bits per heavy atom. The number of aryl methyl sites for hydroxylation is 1. The number of benzene rings is 2. The number of unbranched alkanes of at least 4 members (excludes halogenated alkanes) is 2. The fourth-order valence-electron chi connectivity index (χ4n) is 5.08. The number of aromatic hydroxyl groups is 1. The van der Waals surface area contributed by atoms with E-state index in [0.29, 0.717) is 23.5 Å². The molecule has 0 radical (unpaired) electrons. The molecule has 2 aromatic carbocycles. The molecule has 1 aliphatic carbocycles. The van der Waals surface area contributed by atoms with Gasteiger partial charge in [0.1, 0.15) is 11.5 Å². The van der Waals surface area contributed by atoms with E-state index >= 15 is 0 Å². The van der Waals surface area contributed by atoms with Gasteiger partial charge in [0.2, 0.25) is 0 Å². The number of phenols is 1. The van der Waals surface area contributed by atoms with Gasteiger partial charge in [-0.2, -0.15) is 8.78 Å². The van der Waals surface area contributed by atoms with E-state index in [1.165, 1.54) is 62.8 Å². The van der Waals surface area contributed by atoms with Gasteiger partial charge in [-0.15, -0.1) is 0 Å². The summed E-state index contributed by atoms with van der Waals surface area (Å²) in [6.45, 7) is 7.98. The maximum Gasteiger partial charge on any atom is 0.426 e. The summed E-state index contributed by atoms with van der Waals surface area (Å²) in [6.07, 6.45) is 7.13. The molecule has 2 nitrogen and oxygen atoms in total. The monoisotopic (exact) mass is 458 g/mol. The third-order valence-corrected chi connectivity index (χ3v) is 7.22. The van der Waals surface area contributed by atoms with Gasteiger partial charge < -0.3 is 9.84 Å². The Bertz CT molecular complexity index is 881. The van der Waals surface area contributed by atoms with Crippen LogP contribution in [0.25, 0.3) is 0 Å². The van der Waals surface area contributed by atoms with Crippen LogP contribution in [0.15, 0.2) is 36.4 Å². The first kappa shape index (κ1) is 25.5. The highest BCUT2D eigenvalue weighted by Gasteiger charge is 2.35. The van der Waals surface area contributed by atoms with Crippen LogP contribution in [0, 0.1) is 5.92 Å². The van der Waals surface area contributed by atoms with Gasteiger partial charge in [0.15, 0.2) is 0 Å². The van der Waals surface area contributed by atoms with E-state index < -0.39 is 6.11 Å². The zero-order valence-corrected chi connectivity index (χ0v) is 20.7. The summed E-state index contributed by atoms with van der Waals surface area (Å²) in [6, 6.07) is 9.76. The molecule has 2 aromatic rings. The third kappa shape index (κ3) is 6.49. The minimum atomic E-state index is -3.44. The lowest BCUT2D eigenvalue weighted by Gasteiger charge is -2.29. The van der Waals surface area contributed by atoms with Crippen LogP contribution in [-0.4, -0.2) is 5.11 Å². The van der Waals surface area contributed by atoms with Crippen LogP contribution in [0.3, 0.4) is 0 Å². The predicted octanol–water partition coefficient (Wildman–Crippen LogP) is 9.06. The van der Waals surface area contributed by atoms with Crippen LogP contribution in [0.2, 0.25) is 0 Å². The van der Waals surface area contributed by atoms with E-state index in [-0.39, 0.29) is 23.0 Å². The van der Waals surface area contributed by atoms with Crippen molar-refractivity contribution in [2.45, 2.75) is 103 Å². The molecule has 182 valence electrons. The van der Waals surface area contributed by atoms with Gasteiger partial charge in [-0.3, -0.25) is 0 Å². The molecule has 0 bridgehead atoms. The lowest BCUT2D eigenvalue weighted by molar-refractivity contribution is -0.185. The summed E-state index contributed by atoms with van der Waals surface area (Å²) in [4.78, 5) is 0. The van der Waals surface area contributed by atoms with Crippen molar-refractivity contribution in [3.8, 4) is 11.5 Å². The first-order chi connectivity index (χ1) is 15.7. The fourth-order valence-corrected chi connectivity index (χ4v) is 5.08. The molecule has 0 heterocycles. The minimum absolute atomic E-state index is 0.00786. The van der Waals surface area contributed by atoms with Crippen LogP contribution in [0.4, 0.5) is 8.78 Å². The Morgan fingerprint density at radius 1 is 1.00 bits per heavy atom. The summed E-state index contributed by atoms with van der Waals surface area (Å²) < 4.78 is 35.2. The molecule has 0 atom stereocenters. The quantitative estimate of drug-likeness (QED) is 0.360. The summed E-state index contributed by atoms with van der Waals surface area (Å²) in [5, 5.41) is 10.4.